The molecule has 1 aliphatic heterocycles. The number of nitrogens with zero attached hydrogens (tertiary/aromatic N) is 2. The highest BCUT2D eigenvalue weighted by molar-refractivity contribution is 9.10. The van der Waals surface area contributed by atoms with E-state index in [2.05, 4.69) is 15.9 Å². The van der Waals surface area contributed by atoms with Crippen LogP contribution in [0.2, 0.25) is 5.02 Å². The molecule has 0 saturated heterocycles. The van der Waals surface area contributed by atoms with E-state index in [-0.39, 0.29) is 17.7 Å². The predicted octanol–water partition coefficient (Wildman–Crippen LogP) is 6.61. The van der Waals surface area contributed by atoms with Crippen LogP contribution in [0.5, 0.6) is 0 Å². The van der Waals surface area contributed by atoms with Gasteiger partial charge >= 0.3 is 5.97 Å². The molecule has 41 heavy (non-hydrogen) atoms. The summed E-state index contributed by atoms with van der Waals surface area (Å²) in [5, 5.41) is 0.547. The normalized spacial score (nSPS) is 15.0. The molecule has 6 rings (SSSR count). The van der Waals surface area contributed by atoms with Crippen LogP contribution in [0, 0.1) is 0 Å². The van der Waals surface area contributed by atoms with Crippen molar-refractivity contribution < 1.29 is 13.9 Å². The first-order chi connectivity index (χ1) is 19.9. The molecule has 0 N–H and O–H groups in total. The van der Waals surface area contributed by atoms with E-state index in [1.807, 2.05) is 78.9 Å². The number of thiazole rings is 1. The zero-order chi connectivity index (χ0) is 28.5. The van der Waals surface area contributed by atoms with Crippen LogP contribution in [0.1, 0.15) is 29.9 Å². The number of hydrogen-bond donors (Lipinski definition) is 0. The van der Waals surface area contributed by atoms with Crippen molar-refractivity contribution in [2.45, 2.75) is 13.0 Å². The van der Waals surface area contributed by atoms with Crippen molar-refractivity contribution in [3.8, 4) is 11.3 Å². The number of rotatable bonds is 6. The third kappa shape index (κ3) is 5.38. The zero-order valence-corrected chi connectivity index (χ0v) is 24.9. The molecular weight excluding hydrogens is 624 g/mol. The van der Waals surface area contributed by atoms with Gasteiger partial charge in [0.05, 0.1) is 28.5 Å². The average molecular weight is 646 g/mol. The first-order valence-electron chi connectivity index (χ1n) is 12.8. The molecule has 2 aromatic heterocycles. The number of aromatic nitrogens is 1. The standard InChI is InChI=1S/C32H22BrClN2O4S/c1-2-39-31(38)27-28(20-6-4-3-5-7-20)35-32-36(29(27)21-10-14-23(34)15-11-21)30(37)26(41-32)18-24-16-17-25(40-24)19-8-12-22(33)13-9-19/h3-18,29H,2H2,1H3. The van der Waals surface area contributed by atoms with Crippen LogP contribution >= 0.6 is 38.9 Å². The van der Waals surface area contributed by atoms with Gasteiger partial charge in [0.1, 0.15) is 11.5 Å². The summed E-state index contributed by atoms with van der Waals surface area (Å²) in [5.41, 5.74) is 2.84. The lowest BCUT2D eigenvalue weighted by Gasteiger charge is -2.25. The molecule has 0 saturated carbocycles. The molecule has 0 bridgehead atoms. The summed E-state index contributed by atoms with van der Waals surface area (Å²) in [5.74, 6) is 0.685. The maximum atomic E-state index is 14.0. The number of esters is 1. The Morgan fingerprint density at radius 1 is 1.02 bits per heavy atom. The molecule has 1 atom stereocenters. The van der Waals surface area contributed by atoms with Gasteiger partial charge in [0.25, 0.3) is 5.56 Å². The molecule has 0 aliphatic carbocycles. The van der Waals surface area contributed by atoms with Gasteiger partial charge in [-0.2, -0.15) is 0 Å². The second-order valence-electron chi connectivity index (χ2n) is 9.19. The fourth-order valence-corrected chi connectivity index (χ4v) is 6.10. The molecule has 5 aromatic rings. The number of halogens is 2. The van der Waals surface area contributed by atoms with Gasteiger partial charge in [0, 0.05) is 26.7 Å². The van der Waals surface area contributed by atoms with Crippen molar-refractivity contribution in [2.24, 2.45) is 4.99 Å². The molecule has 0 fully saturated rings. The van der Waals surface area contributed by atoms with E-state index < -0.39 is 12.0 Å². The number of carbonyl (C=O) groups excluding carboxylic acids is 1. The SMILES string of the molecule is CCOC(=O)C1=C(c2ccccc2)N=c2sc(=Cc3ccc(-c4ccc(Br)cc4)o3)c(=O)n2C1c1ccc(Cl)cc1. The maximum absolute atomic E-state index is 14.0. The van der Waals surface area contributed by atoms with Crippen molar-refractivity contribution in [1.82, 2.24) is 4.57 Å². The number of carbonyl (C=O) groups is 1. The Kier molecular flexibility index (Phi) is 7.62. The minimum Gasteiger partial charge on any atom is -0.463 e. The lowest BCUT2D eigenvalue weighted by atomic mass is 9.93. The first kappa shape index (κ1) is 27.2. The van der Waals surface area contributed by atoms with Crippen LogP contribution in [-0.4, -0.2) is 17.1 Å². The predicted molar refractivity (Wildman–Crippen MR) is 164 cm³/mol. The lowest BCUT2D eigenvalue weighted by molar-refractivity contribution is -0.138. The van der Waals surface area contributed by atoms with Gasteiger partial charge in [-0.25, -0.2) is 9.79 Å². The highest BCUT2D eigenvalue weighted by atomic mass is 79.9. The summed E-state index contributed by atoms with van der Waals surface area (Å²) >= 11 is 10.9. The summed E-state index contributed by atoms with van der Waals surface area (Å²) in [4.78, 5) is 32.8. The van der Waals surface area contributed by atoms with Crippen molar-refractivity contribution >= 4 is 56.6 Å². The van der Waals surface area contributed by atoms with E-state index in [1.54, 1.807) is 29.7 Å². The number of hydrogen-bond acceptors (Lipinski definition) is 6. The number of ether oxygens (including phenoxy) is 1. The summed E-state index contributed by atoms with van der Waals surface area (Å²) in [6, 6.07) is 27.3. The Hall–Kier alpha value is -3.98. The van der Waals surface area contributed by atoms with Gasteiger partial charge in [-0.3, -0.25) is 9.36 Å². The molecule has 1 aliphatic rings. The molecule has 3 aromatic carbocycles. The van der Waals surface area contributed by atoms with Crippen LogP contribution in [0.15, 0.2) is 115 Å². The molecule has 204 valence electrons. The molecule has 1 unspecified atom stereocenters. The van der Waals surface area contributed by atoms with E-state index in [4.69, 9.17) is 25.7 Å². The van der Waals surface area contributed by atoms with Gasteiger partial charge in [0.2, 0.25) is 0 Å². The summed E-state index contributed by atoms with van der Waals surface area (Å²) < 4.78 is 14.5. The van der Waals surface area contributed by atoms with Crippen molar-refractivity contribution in [2.75, 3.05) is 6.61 Å². The van der Waals surface area contributed by atoms with Crippen LogP contribution in [0.3, 0.4) is 0 Å². The molecule has 9 heteroatoms. The number of furan rings is 1. The summed E-state index contributed by atoms with van der Waals surface area (Å²) in [7, 11) is 0. The van der Waals surface area contributed by atoms with Gasteiger partial charge in [0.15, 0.2) is 4.80 Å². The minimum absolute atomic E-state index is 0.182. The second kappa shape index (κ2) is 11.5. The van der Waals surface area contributed by atoms with Crippen LogP contribution in [0.4, 0.5) is 0 Å². The van der Waals surface area contributed by atoms with E-state index in [0.717, 1.165) is 15.6 Å². The largest absolute Gasteiger partial charge is 0.463 e. The van der Waals surface area contributed by atoms with Crippen molar-refractivity contribution in [3.63, 3.8) is 0 Å². The summed E-state index contributed by atoms with van der Waals surface area (Å²) in [6.07, 6.45) is 1.71. The first-order valence-corrected chi connectivity index (χ1v) is 14.8. The molecule has 0 spiro atoms. The highest BCUT2D eigenvalue weighted by Crippen LogP contribution is 2.35. The second-order valence-corrected chi connectivity index (χ2v) is 11.6. The third-order valence-corrected chi connectivity index (χ3v) is 8.35. The van der Waals surface area contributed by atoms with Crippen molar-refractivity contribution in [3.05, 3.63) is 143 Å². The van der Waals surface area contributed by atoms with Gasteiger partial charge in [-0.05, 0) is 48.9 Å². The van der Waals surface area contributed by atoms with E-state index in [0.29, 0.717) is 37.1 Å². The zero-order valence-electron chi connectivity index (χ0n) is 21.7. The average Bonchev–Trinajstić information content (AvgIpc) is 3.58. The van der Waals surface area contributed by atoms with Gasteiger partial charge < -0.3 is 9.15 Å². The fourth-order valence-electron chi connectivity index (χ4n) is 4.73. The van der Waals surface area contributed by atoms with Crippen LogP contribution < -0.4 is 14.9 Å². The minimum atomic E-state index is -0.769. The highest BCUT2D eigenvalue weighted by Gasteiger charge is 2.35. The topological polar surface area (TPSA) is 73.8 Å². The van der Waals surface area contributed by atoms with E-state index in [9.17, 15) is 9.59 Å². The Labute approximate surface area is 252 Å². The molecule has 0 radical (unpaired) electrons. The van der Waals surface area contributed by atoms with E-state index in [1.165, 1.54) is 11.3 Å². The smallest absolute Gasteiger partial charge is 0.338 e. The Bertz CT molecular complexity index is 1960. The Balaban J connectivity index is 1.55. The molecular formula is C32H22BrClN2O4S. The third-order valence-electron chi connectivity index (χ3n) is 6.59. The van der Waals surface area contributed by atoms with Crippen LogP contribution in [0.25, 0.3) is 23.1 Å². The molecule has 0 amide bonds. The number of fused-ring (bicyclic) bond motifs is 1. The molecule has 6 nitrogen and oxygen atoms in total. The Morgan fingerprint density at radius 2 is 1.76 bits per heavy atom. The maximum Gasteiger partial charge on any atom is 0.338 e. The quantitative estimate of drug-likeness (QED) is 0.195. The van der Waals surface area contributed by atoms with E-state index >= 15 is 0 Å². The summed E-state index contributed by atoms with van der Waals surface area (Å²) in [6.45, 7) is 1.93. The monoisotopic (exact) mass is 644 g/mol. The number of benzene rings is 3. The Morgan fingerprint density at radius 3 is 2.46 bits per heavy atom. The lowest BCUT2D eigenvalue weighted by Crippen LogP contribution is -2.39. The van der Waals surface area contributed by atoms with Crippen LogP contribution in [-0.2, 0) is 9.53 Å². The molecule has 3 heterocycles. The van der Waals surface area contributed by atoms with Crippen molar-refractivity contribution in [1.29, 1.82) is 0 Å². The van der Waals surface area contributed by atoms with Gasteiger partial charge in [-0.1, -0.05) is 93.5 Å². The fraction of sp³-hybridized carbons (Fsp3) is 0.0938. The van der Waals surface area contributed by atoms with Gasteiger partial charge in [-0.15, -0.1) is 0 Å².